The van der Waals surface area contributed by atoms with E-state index in [2.05, 4.69) is 11.4 Å². The Morgan fingerprint density at radius 3 is 2.61 bits per heavy atom. The van der Waals surface area contributed by atoms with E-state index in [4.69, 9.17) is 4.74 Å². The third kappa shape index (κ3) is 3.57. The fourth-order valence-corrected chi connectivity index (χ4v) is 4.44. The molecule has 3 amide bonds. The van der Waals surface area contributed by atoms with E-state index in [1.54, 1.807) is 6.92 Å². The lowest BCUT2D eigenvalue weighted by atomic mass is 9.90. The maximum Gasteiger partial charge on any atom is 0.245 e. The molecule has 2 saturated heterocycles. The Morgan fingerprint density at radius 2 is 1.96 bits per heavy atom. The molecule has 7 nitrogen and oxygen atoms in total. The molecule has 2 fully saturated rings. The number of piperidine rings is 1. The van der Waals surface area contributed by atoms with Crippen molar-refractivity contribution in [3.63, 3.8) is 0 Å². The zero-order chi connectivity index (χ0) is 19.9. The molecule has 3 aliphatic heterocycles. The van der Waals surface area contributed by atoms with Crippen LogP contribution >= 0.6 is 0 Å². The summed E-state index contributed by atoms with van der Waals surface area (Å²) in [5, 5.41) is 2.76. The van der Waals surface area contributed by atoms with Crippen LogP contribution in [-0.4, -0.2) is 58.8 Å². The van der Waals surface area contributed by atoms with Crippen LogP contribution in [0.5, 0.6) is 5.75 Å². The number of benzene rings is 1. The van der Waals surface area contributed by atoms with Gasteiger partial charge in [-0.1, -0.05) is 17.7 Å². The van der Waals surface area contributed by atoms with Gasteiger partial charge in [-0.25, -0.2) is 0 Å². The molecule has 1 aromatic carbocycles. The zero-order valence-electron chi connectivity index (χ0n) is 16.5. The highest BCUT2D eigenvalue weighted by atomic mass is 16.5. The van der Waals surface area contributed by atoms with E-state index >= 15 is 0 Å². The van der Waals surface area contributed by atoms with E-state index in [0.717, 1.165) is 16.9 Å². The molecule has 3 heterocycles. The largest absolute Gasteiger partial charge is 0.485 e. The number of hydrogen-bond acceptors (Lipinski definition) is 4. The summed E-state index contributed by atoms with van der Waals surface area (Å²) in [5.41, 5.74) is 1.68. The van der Waals surface area contributed by atoms with Gasteiger partial charge in [0.25, 0.3) is 0 Å². The standard InChI is InChI=1S/C21H27N3O4/c1-14-3-5-18-16(11-14)12-24(15(2)25)13-21(28-18)7-9-23(10-8-21)20(27)17-4-6-19(26)22-17/h3,5,11,17H,4,6-10,12-13H2,1-2H3,(H,22,26). The van der Waals surface area contributed by atoms with Crippen molar-refractivity contribution in [2.24, 2.45) is 0 Å². The van der Waals surface area contributed by atoms with E-state index in [1.807, 2.05) is 28.9 Å². The summed E-state index contributed by atoms with van der Waals surface area (Å²) < 4.78 is 6.49. The number of nitrogens with zero attached hydrogens (tertiary/aromatic N) is 2. The fourth-order valence-electron chi connectivity index (χ4n) is 4.44. The molecule has 7 heteroatoms. The van der Waals surface area contributed by atoms with Gasteiger partial charge in [0.05, 0.1) is 6.54 Å². The quantitative estimate of drug-likeness (QED) is 0.792. The van der Waals surface area contributed by atoms with Gasteiger partial charge < -0.3 is 19.9 Å². The zero-order valence-corrected chi connectivity index (χ0v) is 16.5. The predicted molar refractivity (Wildman–Crippen MR) is 103 cm³/mol. The van der Waals surface area contributed by atoms with Gasteiger partial charge in [-0.15, -0.1) is 0 Å². The summed E-state index contributed by atoms with van der Waals surface area (Å²) >= 11 is 0. The second-order valence-corrected chi connectivity index (χ2v) is 8.26. The normalized spacial score (nSPS) is 23.6. The van der Waals surface area contributed by atoms with Gasteiger partial charge in [0.15, 0.2) is 0 Å². The van der Waals surface area contributed by atoms with Crippen molar-refractivity contribution in [2.75, 3.05) is 19.6 Å². The third-order valence-electron chi connectivity index (χ3n) is 6.11. The molecule has 1 spiro atoms. The van der Waals surface area contributed by atoms with Gasteiger partial charge in [-0.3, -0.25) is 14.4 Å². The van der Waals surface area contributed by atoms with Crippen LogP contribution < -0.4 is 10.1 Å². The molecule has 1 N–H and O–H groups in total. The van der Waals surface area contributed by atoms with Crippen molar-refractivity contribution in [3.8, 4) is 5.75 Å². The van der Waals surface area contributed by atoms with E-state index in [-0.39, 0.29) is 17.7 Å². The first-order valence-electron chi connectivity index (χ1n) is 9.97. The Kier molecular flexibility index (Phi) is 4.77. The highest BCUT2D eigenvalue weighted by molar-refractivity contribution is 5.90. The summed E-state index contributed by atoms with van der Waals surface area (Å²) in [5.74, 6) is 0.804. The first kappa shape index (κ1) is 18.8. The maximum atomic E-state index is 12.7. The van der Waals surface area contributed by atoms with Gasteiger partial charge >= 0.3 is 0 Å². The highest BCUT2D eigenvalue weighted by Gasteiger charge is 2.43. The topological polar surface area (TPSA) is 79.0 Å². The predicted octanol–water partition coefficient (Wildman–Crippen LogP) is 1.38. The van der Waals surface area contributed by atoms with Crippen molar-refractivity contribution >= 4 is 17.7 Å². The van der Waals surface area contributed by atoms with Gasteiger partial charge in [0, 0.05) is 51.4 Å². The number of amides is 3. The molecule has 0 aliphatic carbocycles. The number of carbonyl (C=O) groups is 3. The summed E-state index contributed by atoms with van der Waals surface area (Å²) in [6.07, 6.45) is 2.31. The third-order valence-corrected chi connectivity index (χ3v) is 6.11. The number of hydrogen-bond donors (Lipinski definition) is 1. The van der Waals surface area contributed by atoms with Crippen LogP contribution in [0.1, 0.15) is 43.7 Å². The average molecular weight is 385 g/mol. The highest BCUT2D eigenvalue weighted by Crippen LogP contribution is 2.36. The van der Waals surface area contributed by atoms with Crippen molar-refractivity contribution in [2.45, 2.75) is 57.7 Å². The van der Waals surface area contributed by atoms with Crippen LogP contribution in [-0.2, 0) is 20.9 Å². The first-order valence-corrected chi connectivity index (χ1v) is 9.97. The molecule has 0 bridgehead atoms. The van der Waals surface area contributed by atoms with Crippen LogP contribution in [0.15, 0.2) is 18.2 Å². The molecule has 1 unspecified atom stereocenters. The number of carbonyl (C=O) groups excluding carboxylic acids is 3. The minimum Gasteiger partial charge on any atom is -0.485 e. The molecule has 28 heavy (non-hydrogen) atoms. The summed E-state index contributed by atoms with van der Waals surface area (Å²) in [6, 6.07) is 5.69. The number of likely N-dealkylation sites (tertiary alicyclic amines) is 1. The summed E-state index contributed by atoms with van der Waals surface area (Å²) in [6.45, 7) is 5.83. The molecular formula is C21H27N3O4. The maximum absolute atomic E-state index is 12.7. The number of nitrogens with one attached hydrogen (secondary N) is 1. The van der Waals surface area contributed by atoms with E-state index in [0.29, 0.717) is 51.9 Å². The molecule has 1 atom stereocenters. The Morgan fingerprint density at radius 1 is 1.21 bits per heavy atom. The molecule has 4 rings (SSSR count). The SMILES string of the molecule is CC(=O)N1Cc2cc(C)ccc2OC2(CCN(C(=O)C3CCC(=O)N3)CC2)C1. The van der Waals surface area contributed by atoms with Crippen molar-refractivity contribution in [1.82, 2.24) is 15.1 Å². The van der Waals surface area contributed by atoms with E-state index in [9.17, 15) is 14.4 Å². The molecular weight excluding hydrogens is 358 g/mol. The number of rotatable bonds is 1. The summed E-state index contributed by atoms with van der Waals surface area (Å²) in [7, 11) is 0. The number of aryl methyl sites for hydroxylation is 1. The van der Waals surface area contributed by atoms with Crippen molar-refractivity contribution in [3.05, 3.63) is 29.3 Å². The fraction of sp³-hybridized carbons (Fsp3) is 0.571. The van der Waals surface area contributed by atoms with Crippen molar-refractivity contribution in [1.29, 1.82) is 0 Å². The lowest BCUT2D eigenvalue weighted by Crippen LogP contribution is -2.56. The number of fused-ring (bicyclic) bond motifs is 1. The van der Waals surface area contributed by atoms with E-state index < -0.39 is 11.6 Å². The van der Waals surface area contributed by atoms with Crippen molar-refractivity contribution < 1.29 is 19.1 Å². The van der Waals surface area contributed by atoms with Crippen LogP contribution in [0.4, 0.5) is 0 Å². The smallest absolute Gasteiger partial charge is 0.245 e. The Balaban J connectivity index is 1.51. The van der Waals surface area contributed by atoms with Crippen LogP contribution in [0, 0.1) is 6.92 Å². The molecule has 150 valence electrons. The minimum absolute atomic E-state index is 0.00577. The van der Waals surface area contributed by atoms with Gasteiger partial charge in [-0.2, -0.15) is 0 Å². The van der Waals surface area contributed by atoms with Gasteiger partial charge in [-0.05, 0) is 19.4 Å². The van der Waals surface area contributed by atoms with Gasteiger partial charge in [0.1, 0.15) is 17.4 Å². The molecule has 0 saturated carbocycles. The lowest BCUT2D eigenvalue weighted by Gasteiger charge is -2.43. The Hall–Kier alpha value is -2.57. The lowest BCUT2D eigenvalue weighted by molar-refractivity contribution is -0.140. The van der Waals surface area contributed by atoms with Gasteiger partial charge in [0.2, 0.25) is 17.7 Å². The second kappa shape index (κ2) is 7.11. The van der Waals surface area contributed by atoms with Crippen LogP contribution in [0.2, 0.25) is 0 Å². The molecule has 1 aromatic rings. The minimum atomic E-state index is -0.484. The monoisotopic (exact) mass is 385 g/mol. The first-order chi connectivity index (χ1) is 13.3. The Bertz CT molecular complexity index is 814. The number of ether oxygens (including phenoxy) is 1. The molecule has 0 radical (unpaired) electrons. The Labute approximate surface area is 165 Å². The molecule has 0 aromatic heterocycles. The van der Waals surface area contributed by atoms with Crippen LogP contribution in [0.3, 0.4) is 0 Å². The molecule has 3 aliphatic rings. The average Bonchev–Trinajstić information content (AvgIpc) is 3.03. The van der Waals surface area contributed by atoms with E-state index in [1.165, 1.54) is 0 Å². The summed E-state index contributed by atoms with van der Waals surface area (Å²) in [4.78, 5) is 40.0. The second-order valence-electron chi connectivity index (χ2n) is 8.26. The van der Waals surface area contributed by atoms with Crippen LogP contribution in [0.25, 0.3) is 0 Å².